The van der Waals surface area contributed by atoms with Gasteiger partial charge in [0.2, 0.25) is 0 Å². The van der Waals surface area contributed by atoms with Gasteiger partial charge in [0.15, 0.2) is 0 Å². The first-order valence-electron chi connectivity index (χ1n) is 5.99. The van der Waals surface area contributed by atoms with Crippen LogP contribution in [-0.2, 0) is 13.2 Å². The van der Waals surface area contributed by atoms with E-state index in [0.29, 0.717) is 27.0 Å². The SMILES string of the molecule is Cc1ncc(CO)c(CNc2c(F)cccc2Br)c1O. The number of aliphatic hydroxyl groups excluding tert-OH is 1. The van der Waals surface area contributed by atoms with Gasteiger partial charge in [-0.25, -0.2) is 4.39 Å². The van der Waals surface area contributed by atoms with Crippen molar-refractivity contribution < 1.29 is 14.6 Å². The highest BCUT2D eigenvalue weighted by Gasteiger charge is 2.13. The first-order chi connectivity index (χ1) is 9.54. The second-order valence-electron chi connectivity index (χ2n) is 4.30. The molecule has 0 aliphatic rings. The van der Waals surface area contributed by atoms with Gasteiger partial charge in [0.05, 0.1) is 18.0 Å². The first kappa shape index (κ1) is 14.7. The highest BCUT2D eigenvalue weighted by atomic mass is 79.9. The van der Waals surface area contributed by atoms with Crippen molar-refractivity contribution in [3.05, 3.63) is 51.5 Å². The molecule has 4 nitrogen and oxygen atoms in total. The number of aromatic hydroxyl groups is 1. The van der Waals surface area contributed by atoms with Gasteiger partial charge in [-0.1, -0.05) is 6.07 Å². The lowest BCUT2D eigenvalue weighted by Crippen LogP contribution is -2.07. The summed E-state index contributed by atoms with van der Waals surface area (Å²) in [5, 5.41) is 22.2. The molecule has 0 atom stereocenters. The number of aromatic nitrogens is 1. The number of pyridine rings is 1. The number of rotatable bonds is 4. The molecule has 0 bridgehead atoms. The highest BCUT2D eigenvalue weighted by Crippen LogP contribution is 2.28. The lowest BCUT2D eigenvalue weighted by Gasteiger charge is -2.14. The Bertz CT molecular complexity index is 615. The van der Waals surface area contributed by atoms with Crippen LogP contribution in [0.2, 0.25) is 0 Å². The maximum Gasteiger partial charge on any atom is 0.147 e. The molecular formula is C14H14BrFN2O2. The van der Waals surface area contributed by atoms with Crippen molar-refractivity contribution in [2.24, 2.45) is 0 Å². The van der Waals surface area contributed by atoms with E-state index in [0.717, 1.165) is 0 Å². The van der Waals surface area contributed by atoms with E-state index in [1.807, 2.05) is 0 Å². The van der Waals surface area contributed by atoms with Gasteiger partial charge >= 0.3 is 0 Å². The largest absolute Gasteiger partial charge is 0.506 e. The van der Waals surface area contributed by atoms with Crippen LogP contribution in [0.5, 0.6) is 5.75 Å². The van der Waals surface area contributed by atoms with Gasteiger partial charge in [-0.2, -0.15) is 0 Å². The summed E-state index contributed by atoms with van der Waals surface area (Å²) in [5.74, 6) is -0.383. The second-order valence-corrected chi connectivity index (χ2v) is 5.16. The van der Waals surface area contributed by atoms with Gasteiger partial charge in [-0.3, -0.25) is 4.98 Å². The predicted octanol–water partition coefficient (Wildman–Crippen LogP) is 3.10. The van der Waals surface area contributed by atoms with E-state index in [4.69, 9.17) is 0 Å². The summed E-state index contributed by atoms with van der Waals surface area (Å²) in [7, 11) is 0. The average molecular weight is 341 g/mol. The van der Waals surface area contributed by atoms with Gasteiger partial charge in [0.25, 0.3) is 0 Å². The Hall–Kier alpha value is -1.66. The molecule has 0 amide bonds. The van der Waals surface area contributed by atoms with E-state index in [1.165, 1.54) is 12.3 Å². The number of hydrogen-bond acceptors (Lipinski definition) is 4. The number of aryl methyl sites for hydroxylation is 1. The maximum atomic E-state index is 13.7. The fourth-order valence-electron chi connectivity index (χ4n) is 1.86. The molecule has 106 valence electrons. The molecule has 3 N–H and O–H groups in total. The molecule has 2 aromatic rings. The molecule has 6 heteroatoms. The van der Waals surface area contributed by atoms with E-state index >= 15 is 0 Å². The zero-order valence-electron chi connectivity index (χ0n) is 10.8. The van der Waals surface area contributed by atoms with Crippen molar-refractivity contribution >= 4 is 21.6 Å². The number of hydrogen-bond donors (Lipinski definition) is 3. The number of nitrogens with one attached hydrogen (secondary N) is 1. The normalized spacial score (nSPS) is 10.6. The summed E-state index contributed by atoms with van der Waals surface area (Å²) in [4.78, 5) is 3.98. The summed E-state index contributed by atoms with van der Waals surface area (Å²) >= 11 is 3.26. The molecule has 20 heavy (non-hydrogen) atoms. The zero-order chi connectivity index (χ0) is 14.7. The Morgan fingerprint density at radius 2 is 2.15 bits per heavy atom. The van der Waals surface area contributed by atoms with Crippen LogP contribution in [0.3, 0.4) is 0 Å². The van der Waals surface area contributed by atoms with Crippen LogP contribution in [0, 0.1) is 12.7 Å². The third-order valence-electron chi connectivity index (χ3n) is 3.01. The molecule has 0 spiro atoms. The van der Waals surface area contributed by atoms with Gasteiger partial charge in [0.1, 0.15) is 11.6 Å². The molecule has 0 saturated carbocycles. The van der Waals surface area contributed by atoms with E-state index in [2.05, 4.69) is 26.2 Å². The minimum atomic E-state index is -0.393. The van der Waals surface area contributed by atoms with Crippen molar-refractivity contribution in [2.45, 2.75) is 20.1 Å². The molecule has 0 radical (unpaired) electrons. The van der Waals surface area contributed by atoms with Crippen LogP contribution in [0.4, 0.5) is 10.1 Å². The molecule has 0 fully saturated rings. The molecule has 0 aliphatic carbocycles. The Morgan fingerprint density at radius 3 is 2.80 bits per heavy atom. The smallest absolute Gasteiger partial charge is 0.147 e. The van der Waals surface area contributed by atoms with Crippen LogP contribution in [0.15, 0.2) is 28.9 Å². The van der Waals surface area contributed by atoms with Crippen molar-refractivity contribution in [1.82, 2.24) is 4.98 Å². The Labute approximate surface area is 124 Å². The second kappa shape index (κ2) is 6.19. The summed E-state index contributed by atoms with van der Waals surface area (Å²) in [6.07, 6.45) is 1.50. The van der Waals surface area contributed by atoms with Crippen molar-refractivity contribution in [3.63, 3.8) is 0 Å². The standard InChI is InChI=1S/C14H14BrFN2O2/c1-8-14(20)10(9(7-19)5-17-8)6-18-13-11(15)3-2-4-12(13)16/h2-5,18-20H,6-7H2,1H3. The van der Waals surface area contributed by atoms with Gasteiger partial charge in [-0.05, 0) is 35.0 Å². The van der Waals surface area contributed by atoms with Crippen LogP contribution in [0.1, 0.15) is 16.8 Å². The van der Waals surface area contributed by atoms with Crippen molar-refractivity contribution in [1.29, 1.82) is 0 Å². The molecular weight excluding hydrogens is 327 g/mol. The molecule has 1 aromatic heterocycles. The fourth-order valence-corrected chi connectivity index (χ4v) is 2.34. The Morgan fingerprint density at radius 1 is 1.40 bits per heavy atom. The van der Waals surface area contributed by atoms with E-state index in [9.17, 15) is 14.6 Å². The Kier molecular flexibility index (Phi) is 4.57. The summed E-state index contributed by atoms with van der Waals surface area (Å²) in [6, 6.07) is 4.66. The van der Waals surface area contributed by atoms with Gasteiger partial charge in [0, 0.05) is 28.3 Å². The quantitative estimate of drug-likeness (QED) is 0.800. The molecule has 0 aliphatic heterocycles. The van der Waals surface area contributed by atoms with E-state index in [-0.39, 0.29) is 18.9 Å². The molecule has 1 heterocycles. The minimum Gasteiger partial charge on any atom is -0.506 e. The number of aliphatic hydroxyl groups is 1. The van der Waals surface area contributed by atoms with Crippen LogP contribution >= 0.6 is 15.9 Å². The lowest BCUT2D eigenvalue weighted by molar-refractivity contribution is 0.279. The van der Waals surface area contributed by atoms with E-state index in [1.54, 1.807) is 19.1 Å². The Balaban J connectivity index is 2.29. The van der Waals surface area contributed by atoms with Crippen LogP contribution in [-0.4, -0.2) is 15.2 Å². The monoisotopic (exact) mass is 340 g/mol. The summed E-state index contributed by atoms with van der Waals surface area (Å²) in [6.45, 7) is 1.61. The number of anilines is 1. The molecule has 0 saturated heterocycles. The topological polar surface area (TPSA) is 65.4 Å². The van der Waals surface area contributed by atoms with Crippen LogP contribution < -0.4 is 5.32 Å². The predicted molar refractivity (Wildman–Crippen MR) is 78.0 cm³/mol. The highest BCUT2D eigenvalue weighted by molar-refractivity contribution is 9.10. The van der Waals surface area contributed by atoms with Crippen LogP contribution in [0.25, 0.3) is 0 Å². The van der Waals surface area contributed by atoms with Crippen molar-refractivity contribution in [2.75, 3.05) is 5.32 Å². The maximum absolute atomic E-state index is 13.7. The molecule has 0 unspecified atom stereocenters. The number of halogens is 2. The van der Waals surface area contributed by atoms with E-state index < -0.39 is 5.82 Å². The van der Waals surface area contributed by atoms with Crippen molar-refractivity contribution in [3.8, 4) is 5.75 Å². The number of para-hydroxylation sites is 1. The first-order valence-corrected chi connectivity index (χ1v) is 6.79. The minimum absolute atomic E-state index is 0.0107. The fraction of sp³-hybridized carbons (Fsp3) is 0.214. The third kappa shape index (κ3) is 2.91. The third-order valence-corrected chi connectivity index (χ3v) is 3.67. The average Bonchev–Trinajstić information content (AvgIpc) is 2.42. The van der Waals surface area contributed by atoms with Gasteiger partial charge < -0.3 is 15.5 Å². The molecule has 1 aromatic carbocycles. The van der Waals surface area contributed by atoms with Gasteiger partial charge in [-0.15, -0.1) is 0 Å². The zero-order valence-corrected chi connectivity index (χ0v) is 12.4. The molecule has 2 rings (SSSR count). The lowest BCUT2D eigenvalue weighted by atomic mass is 10.1. The number of benzene rings is 1. The summed E-state index contributed by atoms with van der Waals surface area (Å²) in [5.41, 5.74) is 1.79. The number of nitrogens with zero attached hydrogens (tertiary/aromatic N) is 1. The summed E-state index contributed by atoms with van der Waals surface area (Å²) < 4.78 is 14.3.